The molecule has 4 aliphatic carbocycles. The lowest BCUT2D eigenvalue weighted by molar-refractivity contribution is -0.262. The number of hydrogen-bond donors (Lipinski definition) is 1. The van der Waals surface area contributed by atoms with Crippen molar-refractivity contribution >= 4 is 14.0 Å². The van der Waals surface area contributed by atoms with Crippen molar-refractivity contribution < 1.29 is 33.8 Å². The van der Waals surface area contributed by atoms with Gasteiger partial charge in [-0.25, -0.2) is 4.89 Å². The molecule has 0 amide bonds. The highest BCUT2D eigenvalue weighted by atomic mass is 17.1. The average molecular weight is 711 g/mol. The van der Waals surface area contributed by atoms with E-state index < -0.39 is 0 Å². The molecular formula is C43H71BO7. The fourth-order valence-electron chi connectivity index (χ4n) is 10.3. The molecule has 0 aromatic carbocycles. The molecule has 2 radical (unpaired) electrons. The molecule has 288 valence electrons. The second-order valence-electron chi connectivity index (χ2n) is 16.7. The number of carbonyl (C=O) groups excluding carboxylic acids is 1. The summed E-state index contributed by atoms with van der Waals surface area (Å²) in [6, 6.07) is 0. The van der Waals surface area contributed by atoms with Gasteiger partial charge >= 0.3 is 5.97 Å². The van der Waals surface area contributed by atoms with Crippen molar-refractivity contribution in [3.8, 4) is 0 Å². The lowest BCUT2D eigenvalue weighted by Gasteiger charge is -2.58. The molecule has 7 nitrogen and oxygen atoms in total. The molecule has 4 aliphatic rings. The predicted molar refractivity (Wildman–Crippen MR) is 205 cm³/mol. The molecule has 0 spiro atoms. The van der Waals surface area contributed by atoms with E-state index in [0.717, 1.165) is 56.8 Å². The molecule has 4 rings (SSSR count). The number of ether oxygens (including phenoxy) is 3. The molecule has 0 aromatic rings. The molecule has 3 fully saturated rings. The van der Waals surface area contributed by atoms with Gasteiger partial charge < -0.3 is 18.9 Å². The standard InChI is InChI=1S/C43H71BO7/c1-5-7-8-17-20-41(45)51-40-24-23-38-37-22-21-33-30-35(25-27-42(33,3)39(37)26-28-43(38,40)4)50-34(6-2)19-16-14-12-10-9-11-13-15-18-29-47-36(31-48-44)32-49-46/h6,16,19,30,34-40,46H,2,5,7-15,17-18,20-29,31-32H2,1,3-4H3/b19-16-/t34?,35?,36?,37-,38-,39-,40-,42-,43-/m0/s1. The Labute approximate surface area is 312 Å². The summed E-state index contributed by atoms with van der Waals surface area (Å²) in [5, 5.41) is 8.58. The highest BCUT2D eigenvalue weighted by Gasteiger charge is 2.60. The van der Waals surface area contributed by atoms with E-state index in [9.17, 15) is 4.79 Å². The van der Waals surface area contributed by atoms with Crippen molar-refractivity contribution in [3.63, 3.8) is 0 Å². The van der Waals surface area contributed by atoms with Gasteiger partial charge in [0.15, 0.2) is 0 Å². The zero-order valence-corrected chi connectivity index (χ0v) is 32.5. The number of hydrogen-bond acceptors (Lipinski definition) is 7. The second-order valence-corrected chi connectivity index (χ2v) is 16.7. The van der Waals surface area contributed by atoms with Crippen LogP contribution in [-0.4, -0.2) is 63.5 Å². The van der Waals surface area contributed by atoms with Gasteiger partial charge in [-0.15, -0.1) is 6.58 Å². The average Bonchev–Trinajstić information content (AvgIpc) is 3.45. The summed E-state index contributed by atoms with van der Waals surface area (Å²) in [7, 11) is 5.08. The van der Waals surface area contributed by atoms with E-state index in [1.165, 1.54) is 83.5 Å². The maximum Gasteiger partial charge on any atom is 0.306 e. The van der Waals surface area contributed by atoms with E-state index in [1.54, 1.807) is 5.57 Å². The van der Waals surface area contributed by atoms with Crippen LogP contribution >= 0.6 is 0 Å². The summed E-state index contributed by atoms with van der Waals surface area (Å²) in [4.78, 5) is 16.9. The molecule has 3 unspecified atom stereocenters. The van der Waals surface area contributed by atoms with E-state index in [4.69, 9.17) is 27.5 Å². The Balaban J connectivity index is 1.14. The van der Waals surface area contributed by atoms with E-state index in [1.807, 2.05) is 6.08 Å². The number of esters is 1. The summed E-state index contributed by atoms with van der Waals surface area (Å²) in [6.45, 7) is 12.2. The first-order valence-corrected chi connectivity index (χ1v) is 20.8. The lowest BCUT2D eigenvalue weighted by atomic mass is 9.47. The van der Waals surface area contributed by atoms with Crippen molar-refractivity contribution in [2.45, 2.75) is 180 Å². The zero-order chi connectivity index (χ0) is 36.5. The van der Waals surface area contributed by atoms with Crippen LogP contribution in [0.4, 0.5) is 0 Å². The van der Waals surface area contributed by atoms with Crippen LogP contribution in [0.15, 0.2) is 36.5 Å². The molecule has 51 heavy (non-hydrogen) atoms. The maximum absolute atomic E-state index is 12.8. The minimum Gasteiger partial charge on any atom is -0.462 e. The van der Waals surface area contributed by atoms with Crippen LogP contribution in [-0.2, 0) is 28.5 Å². The van der Waals surface area contributed by atoms with Crippen molar-refractivity contribution in [2.75, 3.05) is 19.8 Å². The van der Waals surface area contributed by atoms with Gasteiger partial charge in [-0.3, -0.25) is 10.1 Å². The number of fused-ring (bicyclic) bond motifs is 5. The Morgan fingerprint density at radius 3 is 2.47 bits per heavy atom. The smallest absolute Gasteiger partial charge is 0.306 e. The molecule has 9 atom stereocenters. The fraction of sp³-hybridized carbons (Fsp3) is 0.837. The maximum atomic E-state index is 12.8. The van der Waals surface area contributed by atoms with Gasteiger partial charge in [0.25, 0.3) is 8.05 Å². The Hall–Kier alpha value is -1.45. The van der Waals surface area contributed by atoms with Crippen molar-refractivity contribution in [3.05, 3.63) is 36.5 Å². The summed E-state index contributed by atoms with van der Waals surface area (Å²) in [5.74, 6) is 2.18. The third-order valence-corrected chi connectivity index (χ3v) is 13.3. The van der Waals surface area contributed by atoms with Crippen LogP contribution in [0.25, 0.3) is 0 Å². The SMILES string of the molecule is [B]OCC(COO)OCCCCCCCCC/C=C\C(C=C)OC1C=C2CC[C@H]3[C@@H]4CC[C@H](OC(=O)CCCCCC)[C@@]4(C)CC[C@@H]3[C@@]2(C)CC1. The van der Waals surface area contributed by atoms with Gasteiger partial charge in [-0.2, -0.15) is 0 Å². The van der Waals surface area contributed by atoms with Crippen molar-refractivity contribution in [1.29, 1.82) is 0 Å². The Bertz CT molecular complexity index is 1090. The van der Waals surface area contributed by atoms with Crippen LogP contribution in [0.2, 0.25) is 0 Å². The van der Waals surface area contributed by atoms with Crippen LogP contribution < -0.4 is 0 Å². The van der Waals surface area contributed by atoms with Crippen molar-refractivity contribution in [1.82, 2.24) is 0 Å². The van der Waals surface area contributed by atoms with Crippen LogP contribution in [0.1, 0.15) is 156 Å². The fourth-order valence-corrected chi connectivity index (χ4v) is 10.3. The molecule has 0 heterocycles. The number of allylic oxidation sites excluding steroid dienone is 2. The summed E-state index contributed by atoms with van der Waals surface area (Å²) in [6.07, 6.45) is 32.6. The molecule has 0 bridgehead atoms. The first-order valence-electron chi connectivity index (χ1n) is 20.8. The van der Waals surface area contributed by atoms with E-state index in [-0.39, 0.29) is 54.4 Å². The van der Waals surface area contributed by atoms with Crippen LogP contribution in [0.3, 0.4) is 0 Å². The molecule has 3 saturated carbocycles. The number of unbranched alkanes of at least 4 members (excludes halogenated alkanes) is 10. The normalized spacial score (nSPS) is 31.4. The van der Waals surface area contributed by atoms with Crippen LogP contribution in [0, 0.1) is 28.6 Å². The van der Waals surface area contributed by atoms with E-state index >= 15 is 0 Å². The minimum atomic E-state index is -0.333. The monoisotopic (exact) mass is 711 g/mol. The third kappa shape index (κ3) is 12.0. The van der Waals surface area contributed by atoms with Gasteiger partial charge in [0.1, 0.15) is 18.8 Å². The quantitative estimate of drug-likeness (QED) is 0.0252. The first-order chi connectivity index (χ1) is 24.8. The molecule has 1 N–H and O–H groups in total. The molecule has 0 saturated heterocycles. The molecule has 0 aliphatic heterocycles. The largest absolute Gasteiger partial charge is 0.462 e. The summed E-state index contributed by atoms with van der Waals surface area (Å²) in [5.41, 5.74) is 2.05. The molecular weight excluding hydrogens is 639 g/mol. The topological polar surface area (TPSA) is 83.5 Å². The summed E-state index contributed by atoms with van der Waals surface area (Å²) < 4.78 is 23.0. The van der Waals surface area contributed by atoms with Gasteiger partial charge in [0.05, 0.1) is 18.8 Å². The Kier molecular flexibility index (Phi) is 18.3. The van der Waals surface area contributed by atoms with E-state index in [2.05, 4.69) is 55.1 Å². The number of rotatable bonds is 25. The first kappa shape index (κ1) is 42.3. The van der Waals surface area contributed by atoms with Gasteiger partial charge in [-0.1, -0.05) is 102 Å². The third-order valence-electron chi connectivity index (χ3n) is 13.3. The van der Waals surface area contributed by atoms with Gasteiger partial charge in [-0.05, 0) is 100 Å². The Morgan fingerprint density at radius 2 is 1.73 bits per heavy atom. The minimum absolute atomic E-state index is 0.0370. The molecule has 8 heteroatoms. The predicted octanol–water partition coefficient (Wildman–Crippen LogP) is 10.4. The zero-order valence-electron chi connectivity index (χ0n) is 32.5. The van der Waals surface area contributed by atoms with Crippen molar-refractivity contribution in [2.24, 2.45) is 28.6 Å². The summed E-state index contributed by atoms with van der Waals surface area (Å²) >= 11 is 0. The number of carbonyl (C=O) groups is 1. The Morgan fingerprint density at radius 1 is 0.961 bits per heavy atom. The lowest BCUT2D eigenvalue weighted by Crippen LogP contribution is -2.52. The van der Waals surface area contributed by atoms with Gasteiger partial charge in [0, 0.05) is 18.4 Å². The highest BCUT2D eigenvalue weighted by Crippen LogP contribution is 2.66. The second kappa shape index (κ2) is 22.1. The highest BCUT2D eigenvalue weighted by molar-refractivity contribution is 5.97. The van der Waals surface area contributed by atoms with E-state index in [0.29, 0.717) is 18.9 Å². The van der Waals surface area contributed by atoms with Gasteiger partial charge in [0.2, 0.25) is 0 Å². The molecule has 0 aromatic heterocycles. The van der Waals surface area contributed by atoms with Crippen LogP contribution in [0.5, 0.6) is 0 Å².